The van der Waals surface area contributed by atoms with Crippen LogP contribution in [0.3, 0.4) is 0 Å². The van der Waals surface area contributed by atoms with Crippen LogP contribution in [-0.2, 0) is 0 Å². The maximum Gasteiger partial charge on any atom is 0.0870 e. The maximum absolute atomic E-state index is 4.71. The van der Waals surface area contributed by atoms with Crippen LogP contribution in [0.25, 0.3) is 23.4 Å². The number of aromatic nitrogens is 1. The van der Waals surface area contributed by atoms with Crippen molar-refractivity contribution in [3.63, 3.8) is 0 Å². The molecule has 1 aromatic carbocycles. The number of nitrogens with zero attached hydrogens (tertiary/aromatic N) is 1. The third-order valence-electron chi connectivity index (χ3n) is 4.69. The van der Waals surface area contributed by atoms with Crippen molar-refractivity contribution in [2.24, 2.45) is 0 Å². The second-order valence-electron chi connectivity index (χ2n) is 6.86. The molecule has 2 heterocycles. The van der Waals surface area contributed by atoms with E-state index in [2.05, 4.69) is 73.5 Å². The van der Waals surface area contributed by atoms with Crippen LogP contribution in [0, 0.1) is 6.92 Å². The van der Waals surface area contributed by atoms with Crippen molar-refractivity contribution in [2.75, 3.05) is 0 Å². The van der Waals surface area contributed by atoms with E-state index in [1.54, 1.807) is 0 Å². The molecule has 4 rings (SSSR count). The molecule has 128 valence electrons. The molecule has 1 N–H and O–H groups in total. The van der Waals surface area contributed by atoms with Gasteiger partial charge in [0.1, 0.15) is 0 Å². The molecule has 0 atom stereocenters. The normalized spacial score (nSPS) is 16.1. The van der Waals surface area contributed by atoms with Crippen LogP contribution in [0.5, 0.6) is 0 Å². The number of hydrogen-bond donors (Lipinski definition) is 1. The number of hydrogen-bond acceptors (Lipinski definition) is 2. The molecule has 1 aromatic heterocycles. The Morgan fingerprint density at radius 1 is 1.00 bits per heavy atom. The third kappa shape index (κ3) is 3.18. The smallest absolute Gasteiger partial charge is 0.0870 e. The van der Waals surface area contributed by atoms with E-state index in [9.17, 15) is 0 Å². The van der Waals surface area contributed by atoms with Crippen molar-refractivity contribution in [3.05, 3.63) is 99.9 Å². The Bertz CT molecular complexity index is 1110. The molecular formula is C24H22N2. The highest BCUT2D eigenvalue weighted by atomic mass is 14.9. The summed E-state index contributed by atoms with van der Waals surface area (Å²) in [4.78, 5) is 4.71. The molecule has 0 fully saturated rings. The van der Waals surface area contributed by atoms with Crippen LogP contribution in [0.2, 0.25) is 0 Å². The second-order valence-corrected chi connectivity index (χ2v) is 6.86. The van der Waals surface area contributed by atoms with E-state index < -0.39 is 0 Å². The molecule has 0 saturated carbocycles. The summed E-state index contributed by atoms with van der Waals surface area (Å²) in [5.74, 6) is 0. The molecule has 0 bridgehead atoms. The topological polar surface area (TPSA) is 24.9 Å². The first-order chi connectivity index (χ1) is 12.6. The Morgan fingerprint density at radius 3 is 2.73 bits per heavy atom. The van der Waals surface area contributed by atoms with Crippen LogP contribution >= 0.6 is 0 Å². The Balaban J connectivity index is 1.90. The number of dihydropyridines is 1. The Hall–Kier alpha value is -3.13. The minimum Gasteiger partial charge on any atom is -0.360 e. The quantitative estimate of drug-likeness (QED) is 0.900. The summed E-state index contributed by atoms with van der Waals surface area (Å²) < 4.78 is 0. The molecule has 2 heteroatoms. The van der Waals surface area contributed by atoms with Gasteiger partial charge in [-0.05, 0) is 83.5 Å². The lowest BCUT2D eigenvalue weighted by atomic mass is 9.95. The molecule has 0 spiro atoms. The summed E-state index contributed by atoms with van der Waals surface area (Å²) in [5.41, 5.74) is 7.85. The zero-order chi connectivity index (χ0) is 18.1. The van der Waals surface area contributed by atoms with Gasteiger partial charge in [0.05, 0.1) is 11.4 Å². The highest BCUT2D eigenvalue weighted by molar-refractivity contribution is 5.91. The molecule has 1 aliphatic carbocycles. The van der Waals surface area contributed by atoms with Gasteiger partial charge in [0.15, 0.2) is 0 Å². The van der Waals surface area contributed by atoms with E-state index >= 15 is 0 Å². The lowest BCUT2D eigenvalue weighted by Gasteiger charge is -2.18. The fraction of sp³-hybridized carbons (Fsp3) is 0.125. The Morgan fingerprint density at radius 2 is 1.88 bits per heavy atom. The predicted molar refractivity (Wildman–Crippen MR) is 110 cm³/mol. The maximum atomic E-state index is 4.71. The molecular weight excluding hydrogens is 316 g/mol. The van der Waals surface area contributed by atoms with Crippen molar-refractivity contribution in [3.8, 4) is 0 Å². The van der Waals surface area contributed by atoms with E-state index in [0.717, 1.165) is 29.1 Å². The van der Waals surface area contributed by atoms with Crippen molar-refractivity contribution in [1.29, 1.82) is 0 Å². The molecule has 2 aromatic rings. The fourth-order valence-electron chi connectivity index (χ4n) is 3.52. The van der Waals surface area contributed by atoms with Gasteiger partial charge in [0.25, 0.3) is 0 Å². The van der Waals surface area contributed by atoms with Crippen molar-refractivity contribution in [1.82, 2.24) is 10.3 Å². The summed E-state index contributed by atoms with van der Waals surface area (Å²) in [6.07, 6.45) is 11.5. The zero-order valence-corrected chi connectivity index (χ0v) is 15.2. The summed E-state index contributed by atoms with van der Waals surface area (Å²) >= 11 is 0. The number of nitrogens with one attached hydrogen (secondary N) is 1. The second kappa shape index (κ2) is 6.64. The lowest BCUT2D eigenvalue weighted by molar-refractivity contribution is 1.08. The van der Waals surface area contributed by atoms with E-state index in [1.807, 2.05) is 19.2 Å². The Labute approximate surface area is 154 Å². The monoisotopic (exact) mass is 338 g/mol. The van der Waals surface area contributed by atoms with Gasteiger partial charge >= 0.3 is 0 Å². The highest BCUT2D eigenvalue weighted by Gasteiger charge is 2.14. The van der Waals surface area contributed by atoms with E-state index in [1.165, 1.54) is 27.1 Å². The lowest BCUT2D eigenvalue weighted by Crippen LogP contribution is -2.25. The number of rotatable bonds is 2. The van der Waals surface area contributed by atoms with Gasteiger partial charge in [0, 0.05) is 5.69 Å². The van der Waals surface area contributed by atoms with Gasteiger partial charge in [-0.15, -0.1) is 0 Å². The molecule has 1 aliphatic heterocycles. The van der Waals surface area contributed by atoms with Crippen LogP contribution < -0.4 is 15.8 Å². The van der Waals surface area contributed by atoms with Crippen molar-refractivity contribution < 1.29 is 0 Å². The first-order valence-corrected chi connectivity index (χ1v) is 8.90. The molecule has 0 amide bonds. The number of fused-ring (bicyclic) bond motifs is 1. The SMILES string of the molecule is C=C1C=C(C)C=c2cc(C3=C(c4cccc(C)n4)NC=CC3)ccc2=C1. The highest BCUT2D eigenvalue weighted by Crippen LogP contribution is 2.28. The molecule has 0 unspecified atom stereocenters. The Kier molecular flexibility index (Phi) is 4.18. The van der Waals surface area contributed by atoms with Gasteiger partial charge in [-0.25, -0.2) is 0 Å². The average Bonchev–Trinajstić information content (AvgIpc) is 2.77. The number of benzene rings is 1. The van der Waals surface area contributed by atoms with Gasteiger partial charge in [-0.3, -0.25) is 4.98 Å². The molecule has 0 radical (unpaired) electrons. The van der Waals surface area contributed by atoms with E-state index in [-0.39, 0.29) is 0 Å². The third-order valence-corrected chi connectivity index (χ3v) is 4.69. The van der Waals surface area contributed by atoms with Crippen LogP contribution in [-0.4, -0.2) is 4.98 Å². The number of pyridine rings is 1. The van der Waals surface area contributed by atoms with Crippen LogP contribution in [0.1, 0.15) is 30.3 Å². The van der Waals surface area contributed by atoms with Gasteiger partial charge in [0.2, 0.25) is 0 Å². The fourth-order valence-corrected chi connectivity index (χ4v) is 3.52. The summed E-state index contributed by atoms with van der Waals surface area (Å²) in [6.45, 7) is 8.25. The minimum absolute atomic E-state index is 0.891. The van der Waals surface area contributed by atoms with Gasteiger partial charge in [-0.1, -0.05) is 43.0 Å². The number of aryl methyl sites for hydroxylation is 1. The van der Waals surface area contributed by atoms with Crippen LogP contribution in [0.4, 0.5) is 0 Å². The largest absolute Gasteiger partial charge is 0.360 e. The first kappa shape index (κ1) is 16.3. The molecule has 0 saturated heterocycles. The van der Waals surface area contributed by atoms with E-state index in [0.29, 0.717) is 0 Å². The molecule has 2 aliphatic rings. The van der Waals surface area contributed by atoms with Gasteiger partial charge < -0.3 is 5.32 Å². The summed E-state index contributed by atoms with van der Waals surface area (Å²) in [7, 11) is 0. The first-order valence-electron chi connectivity index (χ1n) is 8.90. The van der Waals surface area contributed by atoms with E-state index in [4.69, 9.17) is 4.98 Å². The van der Waals surface area contributed by atoms with Crippen molar-refractivity contribution >= 4 is 23.4 Å². The minimum atomic E-state index is 0.891. The summed E-state index contributed by atoms with van der Waals surface area (Å²) in [5, 5.41) is 5.85. The molecule has 26 heavy (non-hydrogen) atoms. The summed E-state index contributed by atoms with van der Waals surface area (Å²) in [6, 6.07) is 12.8. The van der Waals surface area contributed by atoms with Gasteiger partial charge in [-0.2, -0.15) is 0 Å². The van der Waals surface area contributed by atoms with Crippen LogP contribution in [0.15, 0.2) is 72.5 Å². The van der Waals surface area contributed by atoms with Crippen molar-refractivity contribution in [2.45, 2.75) is 20.3 Å². The standard InChI is InChI=1S/C24H22N2/c1-16-12-17(2)14-21-15-20(10-9-19(21)13-16)22-7-5-11-25-24(22)23-8-4-6-18(3)26-23/h4-6,8-15,25H,1,7H2,2-3H3. The molecule has 2 nitrogen and oxygen atoms in total. The number of allylic oxidation sites excluding steroid dienone is 5. The zero-order valence-electron chi connectivity index (χ0n) is 15.2. The average molecular weight is 338 g/mol. The predicted octanol–water partition coefficient (Wildman–Crippen LogP) is 3.84.